The molecule has 0 N–H and O–H groups in total. The van der Waals surface area contributed by atoms with Crippen LogP contribution in [0.5, 0.6) is 0 Å². The van der Waals surface area contributed by atoms with Gasteiger partial charge in [0.15, 0.2) is 0 Å². The van der Waals surface area contributed by atoms with Crippen LogP contribution in [0, 0.1) is 11.3 Å². The number of ether oxygens (including phenoxy) is 2. The van der Waals surface area contributed by atoms with Crippen molar-refractivity contribution in [3.8, 4) is 0 Å². The fourth-order valence-electron chi connectivity index (χ4n) is 1.59. The first-order chi connectivity index (χ1) is 6.09. The molecule has 0 aromatic heterocycles. The molecular weight excluding hydrogens is 168 g/mol. The van der Waals surface area contributed by atoms with Gasteiger partial charge in [0.2, 0.25) is 0 Å². The molecule has 1 saturated heterocycles. The zero-order valence-electron chi connectivity index (χ0n) is 8.63. The van der Waals surface area contributed by atoms with Gasteiger partial charge in [0.1, 0.15) is 0 Å². The normalized spacial score (nSPS) is 23.2. The van der Waals surface area contributed by atoms with Crippen LogP contribution in [0.25, 0.3) is 0 Å². The van der Waals surface area contributed by atoms with E-state index in [0.717, 1.165) is 13.0 Å². The number of rotatable bonds is 3. The molecule has 1 aliphatic rings. The van der Waals surface area contributed by atoms with Gasteiger partial charge in [-0.2, -0.15) is 0 Å². The molecule has 1 atom stereocenters. The molecule has 0 aromatic carbocycles. The summed E-state index contributed by atoms with van der Waals surface area (Å²) in [4.78, 5) is 11.6. The molecule has 1 heterocycles. The maximum absolute atomic E-state index is 11.6. The molecule has 1 unspecified atom stereocenters. The summed E-state index contributed by atoms with van der Waals surface area (Å²) < 4.78 is 10.3. The molecule has 1 aliphatic heterocycles. The zero-order chi connectivity index (χ0) is 9.90. The van der Waals surface area contributed by atoms with Crippen molar-refractivity contribution >= 4 is 5.97 Å². The lowest BCUT2D eigenvalue weighted by Gasteiger charge is -2.27. The monoisotopic (exact) mass is 186 g/mol. The third-order valence-corrected chi connectivity index (χ3v) is 2.75. The third-order valence-electron chi connectivity index (χ3n) is 2.75. The van der Waals surface area contributed by atoms with Gasteiger partial charge in [0.25, 0.3) is 0 Å². The minimum atomic E-state index is -0.396. The fraction of sp³-hybridized carbons (Fsp3) is 0.900. The minimum absolute atomic E-state index is 0.106. The topological polar surface area (TPSA) is 35.5 Å². The molecule has 1 rings (SSSR count). The lowest BCUT2D eigenvalue weighted by molar-refractivity contribution is -0.156. The highest BCUT2D eigenvalue weighted by Gasteiger charge is 2.39. The van der Waals surface area contributed by atoms with Gasteiger partial charge in [0, 0.05) is 6.61 Å². The van der Waals surface area contributed by atoms with Crippen LogP contribution in [0.3, 0.4) is 0 Å². The maximum Gasteiger partial charge on any atom is 0.311 e. The lowest BCUT2D eigenvalue weighted by Crippen LogP contribution is -2.35. The maximum atomic E-state index is 11.6. The van der Waals surface area contributed by atoms with Crippen LogP contribution in [0.1, 0.15) is 27.2 Å². The summed E-state index contributed by atoms with van der Waals surface area (Å²) in [6.45, 7) is 7.61. The van der Waals surface area contributed by atoms with E-state index in [0.29, 0.717) is 19.1 Å². The first kappa shape index (κ1) is 10.5. The lowest BCUT2D eigenvalue weighted by atomic mass is 9.78. The number of carbonyl (C=O) groups excluding carboxylic acids is 1. The van der Waals surface area contributed by atoms with E-state index >= 15 is 0 Å². The molecule has 3 nitrogen and oxygen atoms in total. The molecule has 0 spiro atoms. The van der Waals surface area contributed by atoms with E-state index in [4.69, 9.17) is 9.47 Å². The number of carbonyl (C=O) groups is 1. The van der Waals surface area contributed by atoms with Gasteiger partial charge in [-0.1, -0.05) is 0 Å². The van der Waals surface area contributed by atoms with E-state index in [2.05, 4.69) is 0 Å². The highest BCUT2D eigenvalue weighted by atomic mass is 16.5. The quantitative estimate of drug-likeness (QED) is 0.628. The van der Waals surface area contributed by atoms with Crippen molar-refractivity contribution in [1.82, 2.24) is 0 Å². The first-order valence-electron chi connectivity index (χ1n) is 4.84. The third kappa shape index (κ3) is 2.21. The molecule has 0 aliphatic carbocycles. The molecule has 76 valence electrons. The molecule has 0 saturated carbocycles. The van der Waals surface area contributed by atoms with Crippen LogP contribution in [-0.4, -0.2) is 25.8 Å². The van der Waals surface area contributed by atoms with Crippen molar-refractivity contribution in [2.24, 2.45) is 11.3 Å². The van der Waals surface area contributed by atoms with Gasteiger partial charge in [-0.15, -0.1) is 0 Å². The summed E-state index contributed by atoms with van der Waals surface area (Å²) in [5.74, 6) is 0.206. The van der Waals surface area contributed by atoms with Crippen molar-refractivity contribution < 1.29 is 14.3 Å². The Balaban J connectivity index is 2.57. The molecule has 3 heteroatoms. The summed E-state index contributed by atoms with van der Waals surface area (Å²) in [7, 11) is 0. The van der Waals surface area contributed by atoms with Crippen molar-refractivity contribution in [1.29, 1.82) is 0 Å². The van der Waals surface area contributed by atoms with E-state index in [1.165, 1.54) is 0 Å². The van der Waals surface area contributed by atoms with E-state index in [1.807, 2.05) is 20.8 Å². The Morgan fingerprint density at radius 1 is 1.62 bits per heavy atom. The van der Waals surface area contributed by atoms with Crippen LogP contribution in [0.2, 0.25) is 0 Å². The Bertz CT molecular complexity index is 181. The van der Waals surface area contributed by atoms with Gasteiger partial charge in [-0.3, -0.25) is 4.79 Å². The molecule has 0 aromatic rings. The van der Waals surface area contributed by atoms with Crippen molar-refractivity contribution in [2.75, 3.05) is 19.8 Å². The Hall–Kier alpha value is -0.570. The van der Waals surface area contributed by atoms with Crippen LogP contribution >= 0.6 is 0 Å². The number of hydrogen-bond donors (Lipinski definition) is 0. The SMILES string of the molecule is CCOC(=O)C(C)(C)C1CCOC1. The van der Waals surface area contributed by atoms with Crippen LogP contribution in [0.4, 0.5) is 0 Å². The Morgan fingerprint density at radius 2 is 2.31 bits per heavy atom. The highest BCUT2D eigenvalue weighted by molar-refractivity contribution is 5.76. The van der Waals surface area contributed by atoms with Crippen LogP contribution in [0.15, 0.2) is 0 Å². The largest absolute Gasteiger partial charge is 0.466 e. The average molecular weight is 186 g/mol. The van der Waals surface area contributed by atoms with Crippen molar-refractivity contribution in [3.63, 3.8) is 0 Å². The van der Waals surface area contributed by atoms with E-state index in [1.54, 1.807) is 0 Å². The standard InChI is InChI=1S/C10H18O3/c1-4-13-9(11)10(2,3)8-5-6-12-7-8/h8H,4-7H2,1-3H3. The number of esters is 1. The summed E-state index contributed by atoms with van der Waals surface area (Å²) in [5, 5.41) is 0. The second-order valence-electron chi connectivity index (χ2n) is 4.00. The summed E-state index contributed by atoms with van der Waals surface area (Å²) >= 11 is 0. The molecule has 0 bridgehead atoms. The van der Waals surface area contributed by atoms with Gasteiger partial charge in [0.05, 0.1) is 18.6 Å². The van der Waals surface area contributed by atoms with Crippen molar-refractivity contribution in [2.45, 2.75) is 27.2 Å². The van der Waals surface area contributed by atoms with Crippen molar-refractivity contribution in [3.05, 3.63) is 0 Å². The van der Waals surface area contributed by atoms with Gasteiger partial charge in [-0.05, 0) is 33.1 Å². The molecule has 1 fully saturated rings. The highest BCUT2D eigenvalue weighted by Crippen LogP contribution is 2.34. The second kappa shape index (κ2) is 4.09. The Kier molecular flexibility index (Phi) is 3.31. The van der Waals surface area contributed by atoms with E-state index in [9.17, 15) is 4.79 Å². The van der Waals surface area contributed by atoms with Gasteiger partial charge >= 0.3 is 5.97 Å². The second-order valence-corrected chi connectivity index (χ2v) is 4.00. The van der Waals surface area contributed by atoms with Crippen LogP contribution in [-0.2, 0) is 14.3 Å². The predicted octanol–water partition coefficient (Wildman–Crippen LogP) is 1.61. The molecule has 13 heavy (non-hydrogen) atoms. The summed E-state index contributed by atoms with van der Waals surface area (Å²) in [6, 6.07) is 0. The molecule has 0 amide bonds. The predicted molar refractivity (Wildman–Crippen MR) is 49.3 cm³/mol. The summed E-state index contributed by atoms with van der Waals surface area (Å²) in [6.07, 6.45) is 0.964. The average Bonchev–Trinajstić information content (AvgIpc) is 2.56. The number of hydrogen-bond acceptors (Lipinski definition) is 3. The van der Waals surface area contributed by atoms with Crippen LogP contribution < -0.4 is 0 Å². The zero-order valence-corrected chi connectivity index (χ0v) is 8.63. The van der Waals surface area contributed by atoms with E-state index in [-0.39, 0.29) is 5.97 Å². The van der Waals surface area contributed by atoms with Gasteiger partial charge in [-0.25, -0.2) is 0 Å². The fourth-order valence-corrected chi connectivity index (χ4v) is 1.59. The van der Waals surface area contributed by atoms with Gasteiger partial charge < -0.3 is 9.47 Å². The Labute approximate surface area is 79.4 Å². The minimum Gasteiger partial charge on any atom is -0.466 e. The Morgan fingerprint density at radius 3 is 2.77 bits per heavy atom. The molecule has 0 radical (unpaired) electrons. The smallest absolute Gasteiger partial charge is 0.311 e. The van der Waals surface area contributed by atoms with E-state index < -0.39 is 5.41 Å². The molecular formula is C10H18O3. The first-order valence-corrected chi connectivity index (χ1v) is 4.84. The summed E-state index contributed by atoms with van der Waals surface area (Å²) in [5.41, 5.74) is -0.396.